The summed E-state index contributed by atoms with van der Waals surface area (Å²) in [7, 11) is 0. The van der Waals surface area contributed by atoms with E-state index >= 15 is 0 Å². The normalized spacial score (nSPS) is 15.9. The van der Waals surface area contributed by atoms with Crippen LogP contribution < -0.4 is 10.4 Å². The van der Waals surface area contributed by atoms with Crippen LogP contribution in [0.2, 0.25) is 0 Å². The van der Waals surface area contributed by atoms with Gasteiger partial charge in [-0.3, -0.25) is 14.4 Å². The van der Waals surface area contributed by atoms with Crippen LogP contribution in [0.4, 0.5) is 0 Å². The Morgan fingerprint density at radius 3 is 2.71 bits per heavy atom. The van der Waals surface area contributed by atoms with Crippen LogP contribution in [0, 0.1) is 0 Å². The summed E-state index contributed by atoms with van der Waals surface area (Å²) in [5.41, 5.74) is 1.03. The average molecular weight is 425 g/mol. The maximum absolute atomic E-state index is 12.9. The highest BCUT2D eigenvalue weighted by atomic mass is 16.5. The van der Waals surface area contributed by atoms with Crippen molar-refractivity contribution in [3.05, 3.63) is 52.9 Å². The molecule has 1 saturated heterocycles. The summed E-state index contributed by atoms with van der Waals surface area (Å²) >= 11 is 0. The van der Waals surface area contributed by atoms with Gasteiger partial charge in [0.05, 0.1) is 6.54 Å². The van der Waals surface area contributed by atoms with Crippen LogP contribution in [-0.4, -0.2) is 69.3 Å². The zero-order valence-corrected chi connectivity index (χ0v) is 17.9. The van der Waals surface area contributed by atoms with Crippen molar-refractivity contribution in [1.29, 1.82) is 0 Å². The molecular weight excluding hydrogens is 398 g/mol. The van der Waals surface area contributed by atoms with Gasteiger partial charge in [0.2, 0.25) is 0 Å². The molecule has 1 aromatic carbocycles. The number of amides is 1. The summed E-state index contributed by atoms with van der Waals surface area (Å²) in [6, 6.07) is 6.88. The molecule has 9 heteroatoms. The molecule has 0 N–H and O–H groups in total. The van der Waals surface area contributed by atoms with E-state index in [0.717, 1.165) is 43.5 Å². The third-order valence-corrected chi connectivity index (χ3v) is 5.64. The monoisotopic (exact) mass is 425 g/mol. The van der Waals surface area contributed by atoms with Gasteiger partial charge in [0.25, 0.3) is 5.91 Å². The van der Waals surface area contributed by atoms with Crippen LogP contribution >= 0.6 is 0 Å². The molecule has 0 aliphatic carbocycles. The molecule has 1 atom stereocenters. The minimum atomic E-state index is -0.625. The Morgan fingerprint density at radius 1 is 1.19 bits per heavy atom. The number of aryl methyl sites for hydroxylation is 1. The molecule has 0 spiro atoms. The molecule has 1 aliphatic rings. The lowest BCUT2D eigenvalue weighted by Gasteiger charge is -2.35. The minimum absolute atomic E-state index is 0.0419. The Labute approximate surface area is 180 Å². The lowest BCUT2D eigenvalue weighted by molar-refractivity contribution is -0.139. The van der Waals surface area contributed by atoms with Gasteiger partial charge < -0.3 is 14.1 Å². The van der Waals surface area contributed by atoms with E-state index in [0.29, 0.717) is 24.4 Å². The number of rotatable bonds is 7. The molecule has 1 fully saturated rings. The lowest BCUT2D eigenvalue weighted by atomic mass is 10.1. The van der Waals surface area contributed by atoms with E-state index in [9.17, 15) is 9.59 Å². The zero-order chi connectivity index (χ0) is 21.8. The summed E-state index contributed by atoms with van der Waals surface area (Å²) in [6.07, 6.45) is 3.35. The largest absolute Gasteiger partial charge is 0.481 e. The van der Waals surface area contributed by atoms with E-state index in [4.69, 9.17) is 9.15 Å². The molecule has 3 heterocycles. The van der Waals surface area contributed by atoms with Crippen molar-refractivity contribution in [2.24, 2.45) is 0 Å². The molecule has 0 bridgehead atoms. The van der Waals surface area contributed by atoms with Gasteiger partial charge in [0.1, 0.15) is 24.0 Å². The van der Waals surface area contributed by atoms with Crippen molar-refractivity contribution < 1.29 is 13.9 Å². The second kappa shape index (κ2) is 9.30. The molecule has 1 amide bonds. The van der Waals surface area contributed by atoms with Crippen LogP contribution in [-0.2, 0) is 17.8 Å². The van der Waals surface area contributed by atoms with E-state index in [1.807, 2.05) is 28.6 Å². The quantitative estimate of drug-likeness (QED) is 0.530. The van der Waals surface area contributed by atoms with Gasteiger partial charge in [-0.25, -0.2) is 9.78 Å². The summed E-state index contributed by atoms with van der Waals surface area (Å²) < 4.78 is 13.0. The number of nitrogens with zero attached hydrogens (tertiary/aromatic N) is 5. The van der Waals surface area contributed by atoms with Crippen molar-refractivity contribution in [1.82, 2.24) is 24.6 Å². The number of fused-ring (bicyclic) bond motifs is 1. The average Bonchev–Trinajstić information content (AvgIpc) is 3.30. The van der Waals surface area contributed by atoms with E-state index < -0.39 is 6.10 Å². The number of benzene rings is 1. The first kappa shape index (κ1) is 21.0. The molecule has 3 aromatic rings. The van der Waals surface area contributed by atoms with Gasteiger partial charge in [-0.2, -0.15) is 5.10 Å². The molecule has 1 aliphatic heterocycles. The van der Waals surface area contributed by atoms with Gasteiger partial charge in [0.15, 0.2) is 6.10 Å². The number of hydrogen-bond acceptors (Lipinski definition) is 7. The number of carbonyl (C=O) groups excluding carboxylic acids is 1. The van der Waals surface area contributed by atoms with E-state index in [2.05, 4.69) is 15.0 Å². The van der Waals surface area contributed by atoms with Crippen molar-refractivity contribution in [2.75, 3.05) is 32.7 Å². The zero-order valence-electron chi connectivity index (χ0n) is 17.9. The Bertz CT molecular complexity index is 1090. The Kier molecular flexibility index (Phi) is 6.31. The molecule has 1 unspecified atom stereocenters. The second-order valence-electron chi connectivity index (χ2n) is 7.69. The topological polar surface area (TPSA) is 93.7 Å². The molecule has 4 rings (SSSR count). The van der Waals surface area contributed by atoms with Crippen LogP contribution in [0.15, 0.2) is 46.1 Å². The van der Waals surface area contributed by atoms with Crippen molar-refractivity contribution in [2.45, 2.75) is 32.9 Å². The summed E-state index contributed by atoms with van der Waals surface area (Å²) in [5.74, 6) is 0.469. The molecule has 0 saturated carbocycles. The summed E-state index contributed by atoms with van der Waals surface area (Å²) in [4.78, 5) is 32.7. The highest BCUT2D eigenvalue weighted by Crippen LogP contribution is 2.24. The van der Waals surface area contributed by atoms with Gasteiger partial charge in [-0.1, -0.05) is 6.92 Å². The third-order valence-electron chi connectivity index (χ3n) is 5.64. The van der Waals surface area contributed by atoms with Gasteiger partial charge in [-0.15, -0.1) is 0 Å². The van der Waals surface area contributed by atoms with E-state index in [-0.39, 0.29) is 11.5 Å². The van der Waals surface area contributed by atoms with E-state index in [1.165, 1.54) is 12.4 Å². The highest BCUT2D eigenvalue weighted by molar-refractivity contribution is 5.83. The molecule has 9 nitrogen and oxygen atoms in total. The number of aromatic nitrogens is 3. The van der Waals surface area contributed by atoms with Crippen LogP contribution in [0.5, 0.6) is 5.75 Å². The number of hydrogen-bond donors (Lipinski definition) is 0. The van der Waals surface area contributed by atoms with Crippen LogP contribution in [0.25, 0.3) is 11.0 Å². The van der Waals surface area contributed by atoms with Gasteiger partial charge in [0, 0.05) is 50.2 Å². The first-order valence-electron chi connectivity index (χ1n) is 10.6. The fourth-order valence-corrected chi connectivity index (χ4v) is 3.87. The number of piperazine rings is 1. The van der Waals surface area contributed by atoms with Crippen molar-refractivity contribution in [3.8, 4) is 5.75 Å². The fraction of sp³-hybridized carbons (Fsp3) is 0.455. The first-order valence-corrected chi connectivity index (χ1v) is 10.6. The summed E-state index contributed by atoms with van der Waals surface area (Å²) in [6.45, 7) is 8.36. The molecule has 0 radical (unpaired) electrons. The molecule has 164 valence electrons. The molecule has 2 aromatic heterocycles. The molecular formula is C22H27N5O4. The number of carbonyl (C=O) groups is 1. The van der Waals surface area contributed by atoms with E-state index in [1.54, 1.807) is 19.3 Å². The van der Waals surface area contributed by atoms with Crippen molar-refractivity contribution in [3.63, 3.8) is 0 Å². The van der Waals surface area contributed by atoms with Gasteiger partial charge in [-0.05, 0) is 31.0 Å². The predicted octanol–water partition coefficient (Wildman–Crippen LogP) is 1.56. The number of ether oxygens (including phenoxy) is 1. The third kappa shape index (κ3) is 4.93. The Morgan fingerprint density at radius 2 is 2.00 bits per heavy atom. The van der Waals surface area contributed by atoms with Crippen LogP contribution in [0.1, 0.15) is 19.4 Å². The Balaban J connectivity index is 1.33. The maximum Gasteiger partial charge on any atom is 0.336 e. The van der Waals surface area contributed by atoms with Crippen molar-refractivity contribution >= 4 is 16.9 Å². The minimum Gasteiger partial charge on any atom is -0.481 e. The van der Waals surface area contributed by atoms with Crippen LogP contribution in [0.3, 0.4) is 0 Å². The molecule has 31 heavy (non-hydrogen) atoms. The smallest absolute Gasteiger partial charge is 0.336 e. The summed E-state index contributed by atoms with van der Waals surface area (Å²) in [5, 5.41) is 5.00. The van der Waals surface area contributed by atoms with Gasteiger partial charge >= 0.3 is 5.63 Å². The highest BCUT2D eigenvalue weighted by Gasteiger charge is 2.26. The second-order valence-corrected chi connectivity index (χ2v) is 7.69. The lowest BCUT2D eigenvalue weighted by Crippen LogP contribution is -2.52. The SMILES string of the molecule is CCc1cc(=O)oc2cc(OC(C)C(=O)N3CCN(CCn4cncn4)CC3)ccc12. The predicted molar refractivity (Wildman–Crippen MR) is 115 cm³/mol. The standard InChI is InChI=1S/C22H27N5O4/c1-3-17-12-21(28)31-20-13-18(4-5-19(17)20)30-16(2)22(29)26-9-6-25(7-10-26)8-11-27-15-23-14-24-27/h4-5,12-16H,3,6-11H2,1-2H3. The Hall–Kier alpha value is -3.20. The maximum atomic E-state index is 12.9. The fourth-order valence-electron chi connectivity index (χ4n) is 3.87. The first-order chi connectivity index (χ1) is 15.0.